The maximum Gasteiger partial charge on any atom is 0.356 e. The van der Waals surface area contributed by atoms with Gasteiger partial charge in [0.1, 0.15) is 6.33 Å². The van der Waals surface area contributed by atoms with Crippen molar-refractivity contribution in [2.45, 2.75) is 20.8 Å². The molecule has 0 aliphatic heterocycles. The minimum Gasteiger partial charge on any atom is -0.368 e. The highest BCUT2D eigenvalue weighted by molar-refractivity contribution is 5.49. The Morgan fingerprint density at radius 1 is 1.18 bits per heavy atom. The highest BCUT2D eigenvalue weighted by atomic mass is 16.1. The molecule has 5 heteroatoms. The summed E-state index contributed by atoms with van der Waals surface area (Å²) in [6.07, 6.45) is 1.41. The zero-order valence-corrected chi connectivity index (χ0v) is 10.1. The molecule has 88 valence electrons. The van der Waals surface area contributed by atoms with Gasteiger partial charge in [-0.15, -0.1) is 0 Å². The van der Waals surface area contributed by atoms with E-state index >= 15 is 0 Å². The molecule has 0 aliphatic rings. The molecular formula is C12H14N4O. The maximum atomic E-state index is 11.8. The molecule has 0 aliphatic carbocycles. The summed E-state index contributed by atoms with van der Waals surface area (Å²) in [6.45, 7) is 5.93. The number of nitrogen functional groups attached to an aromatic ring is 1. The summed E-state index contributed by atoms with van der Waals surface area (Å²) < 4.78 is 1.42. The standard InChI is InChI=1S/C12H14N4O/c1-7-4-8(2)10(9(3)5-7)16-6-14-11(13)15-12(16)17/h4-6H,1-3H3,(H2,13,15,17). The predicted molar refractivity (Wildman–Crippen MR) is 66.3 cm³/mol. The molecule has 1 aromatic carbocycles. The van der Waals surface area contributed by atoms with E-state index in [1.807, 2.05) is 32.9 Å². The van der Waals surface area contributed by atoms with Crippen LogP contribution < -0.4 is 11.4 Å². The van der Waals surface area contributed by atoms with Gasteiger partial charge in [0.15, 0.2) is 0 Å². The second kappa shape index (κ2) is 4.01. The Bertz CT molecular complexity index is 608. The number of rotatable bonds is 1. The van der Waals surface area contributed by atoms with E-state index < -0.39 is 5.69 Å². The average Bonchev–Trinajstić information content (AvgIpc) is 2.19. The van der Waals surface area contributed by atoms with Crippen LogP contribution >= 0.6 is 0 Å². The van der Waals surface area contributed by atoms with E-state index in [0.717, 1.165) is 22.4 Å². The second-order valence-corrected chi connectivity index (χ2v) is 4.11. The smallest absolute Gasteiger partial charge is 0.356 e. The van der Waals surface area contributed by atoms with Crippen molar-refractivity contribution >= 4 is 5.95 Å². The number of aryl methyl sites for hydroxylation is 3. The number of nitrogens with two attached hydrogens (primary N) is 1. The van der Waals surface area contributed by atoms with Crippen molar-refractivity contribution < 1.29 is 0 Å². The van der Waals surface area contributed by atoms with Gasteiger partial charge in [-0.2, -0.15) is 4.98 Å². The van der Waals surface area contributed by atoms with E-state index in [-0.39, 0.29) is 5.95 Å². The molecule has 0 radical (unpaired) electrons. The van der Waals surface area contributed by atoms with Crippen molar-refractivity contribution in [3.05, 3.63) is 45.6 Å². The third-order valence-corrected chi connectivity index (χ3v) is 2.60. The largest absolute Gasteiger partial charge is 0.368 e. The molecule has 2 aromatic rings. The van der Waals surface area contributed by atoms with Crippen molar-refractivity contribution in [1.29, 1.82) is 0 Å². The highest BCUT2D eigenvalue weighted by Gasteiger charge is 2.08. The summed E-state index contributed by atoms with van der Waals surface area (Å²) in [5.41, 5.74) is 8.96. The van der Waals surface area contributed by atoms with Crippen LogP contribution in [0.5, 0.6) is 0 Å². The van der Waals surface area contributed by atoms with Gasteiger partial charge < -0.3 is 5.73 Å². The third kappa shape index (κ3) is 2.04. The molecule has 0 saturated carbocycles. The van der Waals surface area contributed by atoms with Gasteiger partial charge in [0, 0.05) is 0 Å². The molecule has 1 heterocycles. The van der Waals surface area contributed by atoms with Crippen LogP contribution in [-0.2, 0) is 0 Å². The molecular weight excluding hydrogens is 216 g/mol. The molecule has 0 atom stereocenters. The summed E-state index contributed by atoms with van der Waals surface area (Å²) >= 11 is 0. The van der Waals surface area contributed by atoms with E-state index in [2.05, 4.69) is 9.97 Å². The van der Waals surface area contributed by atoms with Gasteiger partial charge >= 0.3 is 5.69 Å². The van der Waals surface area contributed by atoms with Crippen LogP contribution in [0.15, 0.2) is 23.3 Å². The summed E-state index contributed by atoms with van der Waals surface area (Å²) in [4.78, 5) is 19.2. The summed E-state index contributed by atoms with van der Waals surface area (Å²) in [7, 11) is 0. The molecule has 0 spiro atoms. The lowest BCUT2D eigenvalue weighted by molar-refractivity contribution is 0.855. The van der Waals surface area contributed by atoms with Crippen LogP contribution in [0.4, 0.5) is 5.95 Å². The van der Waals surface area contributed by atoms with Gasteiger partial charge in [0.05, 0.1) is 5.69 Å². The van der Waals surface area contributed by atoms with Crippen LogP contribution in [0.3, 0.4) is 0 Å². The highest BCUT2D eigenvalue weighted by Crippen LogP contribution is 2.18. The number of nitrogens with zero attached hydrogens (tertiary/aromatic N) is 3. The van der Waals surface area contributed by atoms with Crippen molar-refractivity contribution in [2.24, 2.45) is 0 Å². The number of benzene rings is 1. The SMILES string of the molecule is Cc1cc(C)c(-n2cnc(N)nc2=O)c(C)c1. The Balaban J connectivity index is 2.73. The molecule has 0 amide bonds. The first-order chi connectivity index (χ1) is 7.99. The first-order valence-corrected chi connectivity index (χ1v) is 5.28. The number of hydrogen-bond acceptors (Lipinski definition) is 4. The maximum absolute atomic E-state index is 11.8. The molecule has 0 saturated heterocycles. The zero-order chi connectivity index (χ0) is 12.6. The van der Waals surface area contributed by atoms with E-state index in [0.29, 0.717) is 0 Å². The monoisotopic (exact) mass is 230 g/mol. The van der Waals surface area contributed by atoms with Gasteiger partial charge in [-0.3, -0.25) is 4.57 Å². The zero-order valence-electron chi connectivity index (χ0n) is 10.1. The second-order valence-electron chi connectivity index (χ2n) is 4.11. The molecule has 0 unspecified atom stereocenters. The first kappa shape index (κ1) is 11.3. The Labute approximate surface area is 99.0 Å². The fourth-order valence-corrected chi connectivity index (χ4v) is 2.05. The molecule has 2 N–H and O–H groups in total. The van der Waals surface area contributed by atoms with Gasteiger partial charge in [0.25, 0.3) is 0 Å². The van der Waals surface area contributed by atoms with Crippen molar-refractivity contribution in [2.75, 3.05) is 5.73 Å². The van der Waals surface area contributed by atoms with Crippen LogP contribution in [0.25, 0.3) is 5.69 Å². The molecule has 1 aromatic heterocycles. The van der Waals surface area contributed by atoms with Crippen molar-refractivity contribution in [3.63, 3.8) is 0 Å². The number of aromatic nitrogens is 3. The lowest BCUT2D eigenvalue weighted by atomic mass is 10.1. The van der Waals surface area contributed by atoms with Crippen molar-refractivity contribution in [3.8, 4) is 5.69 Å². The lowest BCUT2D eigenvalue weighted by Crippen LogP contribution is -2.24. The Hall–Kier alpha value is -2.17. The Kier molecular flexibility index (Phi) is 2.67. The molecule has 0 fully saturated rings. The average molecular weight is 230 g/mol. The van der Waals surface area contributed by atoms with Gasteiger partial charge in [0.2, 0.25) is 5.95 Å². The molecule has 17 heavy (non-hydrogen) atoms. The van der Waals surface area contributed by atoms with E-state index in [1.54, 1.807) is 0 Å². The van der Waals surface area contributed by atoms with Crippen LogP contribution in [0.1, 0.15) is 16.7 Å². The summed E-state index contributed by atoms with van der Waals surface area (Å²) in [5.74, 6) is -0.00586. The summed E-state index contributed by atoms with van der Waals surface area (Å²) in [6, 6.07) is 4.04. The van der Waals surface area contributed by atoms with E-state index in [9.17, 15) is 4.79 Å². The number of anilines is 1. The molecule has 0 bridgehead atoms. The fraction of sp³-hybridized carbons (Fsp3) is 0.250. The lowest BCUT2D eigenvalue weighted by Gasteiger charge is -2.12. The van der Waals surface area contributed by atoms with Crippen LogP contribution in [0.2, 0.25) is 0 Å². The third-order valence-electron chi connectivity index (χ3n) is 2.60. The fourth-order valence-electron chi connectivity index (χ4n) is 2.05. The Morgan fingerprint density at radius 3 is 2.29 bits per heavy atom. The van der Waals surface area contributed by atoms with E-state index in [1.165, 1.54) is 10.9 Å². The minimum atomic E-state index is -0.410. The van der Waals surface area contributed by atoms with Crippen LogP contribution in [-0.4, -0.2) is 14.5 Å². The van der Waals surface area contributed by atoms with Crippen molar-refractivity contribution in [1.82, 2.24) is 14.5 Å². The quantitative estimate of drug-likeness (QED) is 0.797. The predicted octanol–water partition coefficient (Wildman–Crippen LogP) is 1.13. The first-order valence-electron chi connectivity index (χ1n) is 5.28. The van der Waals surface area contributed by atoms with Crippen LogP contribution in [0, 0.1) is 20.8 Å². The van der Waals surface area contributed by atoms with Gasteiger partial charge in [-0.25, -0.2) is 9.78 Å². The number of hydrogen-bond donors (Lipinski definition) is 1. The molecule has 2 rings (SSSR count). The Morgan fingerprint density at radius 2 is 1.76 bits per heavy atom. The normalized spacial score (nSPS) is 10.5. The topological polar surface area (TPSA) is 73.8 Å². The minimum absolute atomic E-state index is 0.00586. The van der Waals surface area contributed by atoms with Gasteiger partial charge in [-0.1, -0.05) is 17.7 Å². The van der Waals surface area contributed by atoms with E-state index in [4.69, 9.17) is 5.73 Å². The molecule has 5 nitrogen and oxygen atoms in total. The van der Waals surface area contributed by atoms with Gasteiger partial charge in [-0.05, 0) is 31.9 Å². The summed E-state index contributed by atoms with van der Waals surface area (Å²) in [5, 5.41) is 0.